The number of nitrogens with zero attached hydrogens (tertiary/aromatic N) is 3. The molecule has 0 fully saturated rings. The molecule has 1 aromatic rings. The summed E-state index contributed by atoms with van der Waals surface area (Å²) in [4.78, 5) is 19.9. The van der Waals surface area contributed by atoms with Gasteiger partial charge in [-0.05, 0) is 6.92 Å². The van der Waals surface area contributed by atoms with E-state index < -0.39 is 34.7 Å². The van der Waals surface area contributed by atoms with Gasteiger partial charge in [0.1, 0.15) is 12.2 Å². The highest BCUT2D eigenvalue weighted by Crippen LogP contribution is 2.28. The van der Waals surface area contributed by atoms with Crippen LogP contribution in [0, 0.1) is 10.1 Å². The monoisotopic (exact) mass is 235 g/mol. The molecule has 0 saturated carbocycles. The molecular formula is C7H7F2N3O4. The molecule has 1 N–H and O–H groups in total. The summed E-state index contributed by atoms with van der Waals surface area (Å²) in [5.74, 6) is -1.32. The third-order valence-corrected chi connectivity index (χ3v) is 1.90. The van der Waals surface area contributed by atoms with Gasteiger partial charge in [0.15, 0.2) is 0 Å². The summed E-state index contributed by atoms with van der Waals surface area (Å²) in [5, 5.41) is 22.2. The molecule has 0 radical (unpaired) electrons. The number of hydrogen-bond acceptors (Lipinski definition) is 4. The van der Waals surface area contributed by atoms with Crippen LogP contribution in [0.4, 0.5) is 14.5 Å². The number of aromatic nitrogens is 2. The van der Waals surface area contributed by atoms with E-state index in [9.17, 15) is 23.7 Å². The molecule has 88 valence electrons. The summed E-state index contributed by atoms with van der Waals surface area (Å²) in [6, 6.07) is -1.24. The first kappa shape index (κ1) is 12.0. The molecule has 7 nitrogen and oxygen atoms in total. The topological polar surface area (TPSA) is 98.3 Å². The lowest BCUT2D eigenvalue weighted by atomic mass is 10.3. The molecule has 1 rings (SSSR count). The van der Waals surface area contributed by atoms with Gasteiger partial charge in [0.25, 0.3) is 6.43 Å². The largest absolute Gasteiger partial charge is 0.480 e. The van der Waals surface area contributed by atoms with Gasteiger partial charge in [-0.25, -0.2) is 13.6 Å². The molecule has 1 heterocycles. The second-order valence-electron chi connectivity index (χ2n) is 2.95. The summed E-state index contributed by atoms with van der Waals surface area (Å²) in [6.07, 6.45) is -2.44. The van der Waals surface area contributed by atoms with Crippen LogP contribution in [-0.4, -0.2) is 25.8 Å². The van der Waals surface area contributed by atoms with E-state index in [0.717, 1.165) is 0 Å². The van der Waals surface area contributed by atoms with E-state index >= 15 is 0 Å². The van der Waals surface area contributed by atoms with Crippen molar-refractivity contribution in [3.05, 3.63) is 22.0 Å². The van der Waals surface area contributed by atoms with Gasteiger partial charge in [0.2, 0.25) is 5.69 Å². The second-order valence-corrected chi connectivity index (χ2v) is 2.95. The maximum atomic E-state index is 12.3. The first-order valence-corrected chi connectivity index (χ1v) is 4.09. The van der Waals surface area contributed by atoms with E-state index in [1.807, 2.05) is 0 Å². The third kappa shape index (κ3) is 2.12. The van der Waals surface area contributed by atoms with Crippen LogP contribution in [0.25, 0.3) is 0 Å². The molecule has 0 amide bonds. The van der Waals surface area contributed by atoms with Gasteiger partial charge in [0.05, 0.1) is 4.92 Å². The summed E-state index contributed by atoms with van der Waals surface area (Å²) >= 11 is 0. The van der Waals surface area contributed by atoms with Crippen LogP contribution in [-0.2, 0) is 4.79 Å². The number of rotatable bonds is 4. The fourth-order valence-electron chi connectivity index (χ4n) is 1.00. The van der Waals surface area contributed by atoms with Gasteiger partial charge in [-0.2, -0.15) is 5.10 Å². The fraction of sp³-hybridized carbons (Fsp3) is 0.429. The third-order valence-electron chi connectivity index (χ3n) is 1.90. The Bertz CT molecular complexity index is 431. The van der Waals surface area contributed by atoms with Crippen molar-refractivity contribution in [1.82, 2.24) is 9.78 Å². The highest BCUT2D eigenvalue weighted by atomic mass is 19.3. The number of aliphatic carboxylic acids is 1. The molecule has 1 atom stereocenters. The number of carboxylic acid groups (broad SMARTS) is 1. The molecular weight excluding hydrogens is 228 g/mol. The van der Waals surface area contributed by atoms with Crippen molar-refractivity contribution in [3.63, 3.8) is 0 Å². The molecule has 0 aromatic carbocycles. The summed E-state index contributed by atoms with van der Waals surface area (Å²) in [6.45, 7) is 1.17. The molecule has 9 heteroatoms. The average molecular weight is 235 g/mol. The first-order valence-electron chi connectivity index (χ1n) is 4.09. The van der Waals surface area contributed by atoms with Gasteiger partial charge in [-0.3, -0.25) is 14.8 Å². The van der Waals surface area contributed by atoms with Gasteiger partial charge < -0.3 is 5.11 Å². The van der Waals surface area contributed by atoms with Crippen molar-refractivity contribution < 1.29 is 23.6 Å². The second kappa shape index (κ2) is 4.21. The summed E-state index contributed by atoms with van der Waals surface area (Å²) < 4.78 is 25.3. The van der Waals surface area contributed by atoms with E-state index in [0.29, 0.717) is 10.9 Å². The predicted octanol–water partition coefficient (Wildman–Crippen LogP) is 1.37. The normalized spacial score (nSPS) is 12.8. The lowest BCUT2D eigenvalue weighted by Gasteiger charge is -2.04. The van der Waals surface area contributed by atoms with Crippen LogP contribution in [0.1, 0.15) is 25.1 Å². The molecule has 0 spiro atoms. The van der Waals surface area contributed by atoms with Crippen molar-refractivity contribution in [2.45, 2.75) is 19.4 Å². The minimum absolute atomic E-state index is 0.627. The Morgan fingerprint density at radius 3 is 2.56 bits per heavy atom. The Morgan fingerprint density at radius 1 is 1.69 bits per heavy atom. The average Bonchev–Trinajstić information content (AvgIpc) is 2.60. The van der Waals surface area contributed by atoms with Crippen LogP contribution in [0.3, 0.4) is 0 Å². The van der Waals surface area contributed by atoms with Crippen LogP contribution in [0.5, 0.6) is 0 Å². The molecule has 0 bridgehead atoms. The number of carbonyl (C=O) groups is 1. The number of carboxylic acids is 1. The molecule has 1 unspecified atom stereocenters. The zero-order chi connectivity index (χ0) is 12.5. The van der Waals surface area contributed by atoms with Crippen molar-refractivity contribution in [2.75, 3.05) is 0 Å². The molecule has 0 aliphatic heterocycles. The highest BCUT2D eigenvalue weighted by Gasteiger charge is 2.29. The van der Waals surface area contributed by atoms with Crippen LogP contribution < -0.4 is 0 Å². The first-order chi connectivity index (χ1) is 7.34. The SMILES string of the molecule is CC(C(=O)O)n1cc([N+](=O)[O-])c(C(F)F)n1. The minimum Gasteiger partial charge on any atom is -0.480 e. The highest BCUT2D eigenvalue weighted by molar-refractivity contribution is 5.71. The van der Waals surface area contributed by atoms with E-state index in [2.05, 4.69) is 5.10 Å². The lowest BCUT2D eigenvalue weighted by molar-refractivity contribution is -0.386. The Morgan fingerprint density at radius 2 is 2.25 bits per heavy atom. The number of alkyl halides is 2. The molecule has 0 saturated heterocycles. The van der Waals surface area contributed by atoms with Crippen molar-refractivity contribution in [3.8, 4) is 0 Å². The molecule has 0 aliphatic rings. The number of halogens is 2. The molecule has 16 heavy (non-hydrogen) atoms. The zero-order valence-electron chi connectivity index (χ0n) is 8.00. The number of hydrogen-bond donors (Lipinski definition) is 1. The standard InChI is InChI=1S/C7H7F2N3O4/c1-3(7(13)14)11-2-4(12(15)16)5(10-11)6(8)9/h2-3,6H,1H3,(H,13,14). The predicted molar refractivity (Wildman–Crippen MR) is 46.2 cm³/mol. The van der Waals surface area contributed by atoms with E-state index in [1.165, 1.54) is 6.92 Å². The number of nitro groups is 1. The maximum Gasteiger partial charge on any atom is 0.328 e. The zero-order valence-corrected chi connectivity index (χ0v) is 8.00. The lowest BCUT2D eigenvalue weighted by Crippen LogP contribution is -2.16. The molecule has 0 aliphatic carbocycles. The Balaban J connectivity index is 3.21. The van der Waals surface area contributed by atoms with Crippen molar-refractivity contribution in [1.29, 1.82) is 0 Å². The van der Waals surface area contributed by atoms with E-state index in [4.69, 9.17) is 5.11 Å². The Labute approximate surface area is 87.4 Å². The van der Waals surface area contributed by atoms with Gasteiger partial charge in [0, 0.05) is 0 Å². The Hall–Kier alpha value is -2.06. The van der Waals surface area contributed by atoms with Crippen molar-refractivity contribution in [2.24, 2.45) is 0 Å². The Kier molecular flexibility index (Phi) is 3.16. The van der Waals surface area contributed by atoms with Crippen LogP contribution >= 0.6 is 0 Å². The van der Waals surface area contributed by atoms with Crippen LogP contribution in [0.2, 0.25) is 0 Å². The summed E-state index contributed by atoms with van der Waals surface area (Å²) in [5.41, 5.74) is -1.92. The quantitative estimate of drug-likeness (QED) is 0.627. The van der Waals surface area contributed by atoms with Crippen molar-refractivity contribution >= 4 is 11.7 Å². The van der Waals surface area contributed by atoms with Gasteiger partial charge in [-0.1, -0.05) is 0 Å². The minimum atomic E-state index is -3.12. The van der Waals surface area contributed by atoms with Crippen LogP contribution in [0.15, 0.2) is 6.20 Å². The maximum absolute atomic E-state index is 12.3. The van der Waals surface area contributed by atoms with E-state index in [1.54, 1.807) is 0 Å². The summed E-state index contributed by atoms with van der Waals surface area (Å²) in [7, 11) is 0. The smallest absolute Gasteiger partial charge is 0.328 e. The fourth-order valence-corrected chi connectivity index (χ4v) is 1.00. The van der Waals surface area contributed by atoms with Gasteiger partial charge in [-0.15, -0.1) is 0 Å². The van der Waals surface area contributed by atoms with Gasteiger partial charge >= 0.3 is 11.7 Å². The molecule has 1 aromatic heterocycles. The van der Waals surface area contributed by atoms with E-state index in [-0.39, 0.29) is 0 Å².